The highest BCUT2D eigenvalue weighted by Crippen LogP contribution is 2.17. The summed E-state index contributed by atoms with van der Waals surface area (Å²) in [6.07, 6.45) is 5.35. The quantitative estimate of drug-likeness (QED) is 0.736. The third kappa shape index (κ3) is 3.49. The smallest absolute Gasteiger partial charge is 0.225 e. The molecule has 0 fully saturated rings. The van der Waals surface area contributed by atoms with E-state index >= 15 is 0 Å². The highest BCUT2D eigenvalue weighted by Gasteiger charge is 2.17. The molecule has 0 saturated carbocycles. The lowest BCUT2D eigenvalue weighted by Gasteiger charge is -2.29. The molecule has 0 unspecified atom stereocenters. The van der Waals surface area contributed by atoms with Crippen LogP contribution in [0.2, 0.25) is 5.02 Å². The fraction of sp³-hybridized carbons (Fsp3) is 0.636. The number of aromatic nitrogens is 2. The van der Waals surface area contributed by atoms with Crippen molar-refractivity contribution in [1.82, 2.24) is 9.97 Å². The van der Waals surface area contributed by atoms with Gasteiger partial charge in [-0.1, -0.05) is 25.4 Å². The second-order valence-electron chi connectivity index (χ2n) is 3.55. The van der Waals surface area contributed by atoms with E-state index in [0.29, 0.717) is 22.9 Å². The molecule has 0 saturated heterocycles. The molecule has 0 aromatic carbocycles. The molecule has 1 aromatic heterocycles. The van der Waals surface area contributed by atoms with E-state index < -0.39 is 0 Å². The van der Waals surface area contributed by atoms with Crippen LogP contribution in [0.15, 0.2) is 12.4 Å². The molecule has 0 amide bonds. The van der Waals surface area contributed by atoms with Gasteiger partial charge in [-0.2, -0.15) is 0 Å². The van der Waals surface area contributed by atoms with Crippen molar-refractivity contribution in [2.45, 2.75) is 32.7 Å². The van der Waals surface area contributed by atoms with Gasteiger partial charge in [0.2, 0.25) is 5.95 Å². The van der Waals surface area contributed by atoms with Crippen molar-refractivity contribution >= 4 is 29.2 Å². The third-order valence-corrected chi connectivity index (χ3v) is 2.94. The summed E-state index contributed by atoms with van der Waals surface area (Å²) in [6, 6.07) is 0.430. The van der Waals surface area contributed by atoms with E-state index in [1.54, 1.807) is 12.4 Å². The van der Waals surface area contributed by atoms with Gasteiger partial charge in [0.1, 0.15) is 0 Å². The van der Waals surface area contributed by atoms with Crippen molar-refractivity contribution in [2.75, 3.05) is 17.3 Å². The molecule has 0 spiro atoms. The van der Waals surface area contributed by atoms with Crippen molar-refractivity contribution in [1.29, 1.82) is 0 Å². The number of rotatable bonds is 6. The Morgan fingerprint density at radius 3 is 2.25 bits per heavy atom. The van der Waals surface area contributed by atoms with Gasteiger partial charge in [-0.3, -0.25) is 0 Å². The van der Waals surface area contributed by atoms with Crippen molar-refractivity contribution in [2.24, 2.45) is 0 Å². The summed E-state index contributed by atoms with van der Waals surface area (Å²) in [5, 5.41) is 0.555. The Hall–Kier alpha value is -0.540. The van der Waals surface area contributed by atoms with Gasteiger partial charge in [-0.05, 0) is 12.8 Å². The number of hydrogen-bond donors (Lipinski definition) is 0. The maximum atomic E-state index is 5.81. The molecule has 1 heterocycles. The monoisotopic (exact) mass is 261 g/mol. The Balaban J connectivity index is 2.87. The van der Waals surface area contributed by atoms with Crippen LogP contribution in [-0.2, 0) is 0 Å². The zero-order valence-corrected chi connectivity index (χ0v) is 11.2. The predicted molar refractivity (Wildman–Crippen MR) is 69.5 cm³/mol. The van der Waals surface area contributed by atoms with Crippen LogP contribution in [0.25, 0.3) is 0 Å². The fourth-order valence-electron chi connectivity index (χ4n) is 1.72. The van der Waals surface area contributed by atoms with Gasteiger partial charge >= 0.3 is 0 Å². The van der Waals surface area contributed by atoms with Crippen molar-refractivity contribution < 1.29 is 0 Å². The summed E-state index contributed by atoms with van der Waals surface area (Å²) in [4.78, 5) is 10.6. The minimum Gasteiger partial charge on any atom is -0.337 e. The summed E-state index contributed by atoms with van der Waals surface area (Å²) in [6.45, 7) is 5.08. The summed E-state index contributed by atoms with van der Waals surface area (Å²) in [5.74, 6) is 1.28. The largest absolute Gasteiger partial charge is 0.337 e. The molecular formula is C11H17Cl2N3. The zero-order valence-electron chi connectivity index (χ0n) is 9.66. The van der Waals surface area contributed by atoms with Gasteiger partial charge in [0, 0.05) is 18.5 Å². The SMILES string of the molecule is CCC(CC)N(CCCl)c1ncc(Cl)cn1. The molecule has 16 heavy (non-hydrogen) atoms. The van der Waals surface area contributed by atoms with E-state index in [4.69, 9.17) is 23.2 Å². The summed E-state index contributed by atoms with van der Waals surface area (Å²) >= 11 is 11.6. The molecule has 1 rings (SSSR count). The molecule has 0 radical (unpaired) electrons. The third-order valence-electron chi connectivity index (χ3n) is 2.57. The maximum Gasteiger partial charge on any atom is 0.225 e. The van der Waals surface area contributed by atoms with Crippen LogP contribution < -0.4 is 4.90 Å². The van der Waals surface area contributed by atoms with Gasteiger partial charge in [0.25, 0.3) is 0 Å². The first-order valence-electron chi connectivity index (χ1n) is 5.53. The van der Waals surface area contributed by atoms with Crippen LogP contribution in [0.3, 0.4) is 0 Å². The molecule has 5 heteroatoms. The minimum atomic E-state index is 0.430. The zero-order chi connectivity index (χ0) is 12.0. The van der Waals surface area contributed by atoms with Gasteiger partial charge in [0.05, 0.1) is 17.4 Å². The molecule has 0 aliphatic rings. The maximum absolute atomic E-state index is 5.81. The first-order chi connectivity index (χ1) is 7.72. The van der Waals surface area contributed by atoms with Crippen molar-refractivity contribution in [3.05, 3.63) is 17.4 Å². The lowest BCUT2D eigenvalue weighted by atomic mass is 10.1. The Morgan fingerprint density at radius 1 is 1.25 bits per heavy atom. The highest BCUT2D eigenvalue weighted by molar-refractivity contribution is 6.30. The van der Waals surface area contributed by atoms with Crippen LogP contribution in [0.1, 0.15) is 26.7 Å². The molecule has 0 aliphatic carbocycles. The molecule has 1 aromatic rings. The van der Waals surface area contributed by atoms with Gasteiger partial charge in [-0.15, -0.1) is 11.6 Å². The van der Waals surface area contributed by atoms with E-state index in [0.717, 1.165) is 19.4 Å². The number of halogens is 2. The molecule has 0 aliphatic heterocycles. The van der Waals surface area contributed by atoms with Gasteiger partial charge in [0.15, 0.2) is 0 Å². The number of anilines is 1. The first-order valence-corrected chi connectivity index (χ1v) is 6.44. The lowest BCUT2D eigenvalue weighted by Crippen LogP contribution is -2.37. The standard InChI is InChI=1S/C11H17Cl2N3/c1-3-10(4-2)16(6-5-12)11-14-7-9(13)8-15-11/h7-8,10H,3-6H2,1-2H3. The van der Waals surface area contributed by atoms with E-state index in [9.17, 15) is 0 Å². The average molecular weight is 262 g/mol. The normalized spacial score (nSPS) is 10.8. The first kappa shape index (κ1) is 13.5. The summed E-state index contributed by atoms with van der Waals surface area (Å²) < 4.78 is 0. The molecule has 0 N–H and O–H groups in total. The van der Waals surface area contributed by atoms with E-state index in [-0.39, 0.29) is 0 Å². The number of alkyl halides is 1. The van der Waals surface area contributed by atoms with Crippen LogP contribution in [0.4, 0.5) is 5.95 Å². The molecule has 90 valence electrons. The van der Waals surface area contributed by atoms with E-state index in [1.807, 2.05) is 0 Å². The molecular weight excluding hydrogens is 245 g/mol. The van der Waals surface area contributed by atoms with Gasteiger partial charge in [-0.25, -0.2) is 9.97 Å². The van der Waals surface area contributed by atoms with Crippen LogP contribution >= 0.6 is 23.2 Å². The van der Waals surface area contributed by atoms with Crippen LogP contribution in [-0.4, -0.2) is 28.4 Å². The van der Waals surface area contributed by atoms with E-state index in [2.05, 4.69) is 28.7 Å². The molecule has 0 atom stereocenters. The molecule has 3 nitrogen and oxygen atoms in total. The minimum absolute atomic E-state index is 0.430. The predicted octanol–water partition coefficient (Wildman–Crippen LogP) is 3.36. The average Bonchev–Trinajstić information content (AvgIpc) is 2.31. The van der Waals surface area contributed by atoms with Crippen molar-refractivity contribution in [3.8, 4) is 0 Å². The number of hydrogen-bond acceptors (Lipinski definition) is 3. The topological polar surface area (TPSA) is 29.0 Å². The molecule has 0 bridgehead atoms. The second kappa shape index (κ2) is 6.92. The Kier molecular flexibility index (Phi) is 5.85. The second-order valence-corrected chi connectivity index (χ2v) is 4.37. The number of nitrogens with zero attached hydrogens (tertiary/aromatic N) is 3. The van der Waals surface area contributed by atoms with Crippen LogP contribution in [0.5, 0.6) is 0 Å². The Bertz CT molecular complexity index is 299. The Labute approximate surface area is 107 Å². The Morgan fingerprint density at radius 2 is 1.81 bits per heavy atom. The summed E-state index contributed by atoms with van der Waals surface area (Å²) in [7, 11) is 0. The fourth-order valence-corrected chi connectivity index (χ4v) is 2.00. The van der Waals surface area contributed by atoms with Gasteiger partial charge < -0.3 is 4.90 Å². The highest BCUT2D eigenvalue weighted by atomic mass is 35.5. The van der Waals surface area contributed by atoms with Crippen LogP contribution in [0, 0.1) is 0 Å². The lowest BCUT2D eigenvalue weighted by molar-refractivity contribution is 0.557. The summed E-state index contributed by atoms with van der Waals surface area (Å²) in [5.41, 5.74) is 0. The van der Waals surface area contributed by atoms with Crippen molar-refractivity contribution in [3.63, 3.8) is 0 Å². The van der Waals surface area contributed by atoms with E-state index in [1.165, 1.54) is 0 Å².